The molecule has 0 bridgehead atoms. The largest absolute Gasteiger partial charge is 0.456 e. The lowest BCUT2D eigenvalue weighted by Crippen LogP contribution is -2.06. The second kappa shape index (κ2) is 2.88. The van der Waals surface area contributed by atoms with Gasteiger partial charge < -0.3 is 4.74 Å². The second-order valence-electron chi connectivity index (χ2n) is 3.47. The molecule has 0 amide bonds. The summed E-state index contributed by atoms with van der Waals surface area (Å²) < 4.78 is 5.78. The average Bonchev–Trinajstić information content (AvgIpc) is 2.26. The fourth-order valence-electron chi connectivity index (χ4n) is 1.79. The highest BCUT2D eigenvalue weighted by Crippen LogP contribution is 2.34. The van der Waals surface area contributed by atoms with Gasteiger partial charge in [-0.1, -0.05) is 30.4 Å². The number of para-hydroxylation sites is 1. The lowest BCUT2D eigenvalue weighted by Gasteiger charge is -2.21. The van der Waals surface area contributed by atoms with Gasteiger partial charge in [-0.2, -0.15) is 0 Å². The number of allylic oxidation sites excluding steroid dienone is 4. The standard InChI is InChI=1S/C13H10O/c1-3-7-12-10(5-1)9-11-6-2-4-8-13(11)14-12/h1-5,7-9H,6H2. The molecule has 0 saturated heterocycles. The van der Waals surface area contributed by atoms with Gasteiger partial charge in [0.2, 0.25) is 0 Å². The van der Waals surface area contributed by atoms with Gasteiger partial charge in [-0.05, 0) is 30.2 Å². The molecule has 1 aliphatic carbocycles. The van der Waals surface area contributed by atoms with Crippen molar-refractivity contribution in [1.29, 1.82) is 0 Å². The Labute approximate surface area is 83.0 Å². The lowest BCUT2D eigenvalue weighted by molar-refractivity contribution is 0.428. The Kier molecular flexibility index (Phi) is 1.57. The van der Waals surface area contributed by atoms with E-state index in [1.54, 1.807) is 0 Å². The minimum absolute atomic E-state index is 0.956. The molecule has 0 atom stereocenters. The predicted molar refractivity (Wildman–Crippen MR) is 56.9 cm³/mol. The van der Waals surface area contributed by atoms with Gasteiger partial charge >= 0.3 is 0 Å². The number of ether oxygens (including phenoxy) is 1. The van der Waals surface area contributed by atoms with Gasteiger partial charge in [0.05, 0.1) is 0 Å². The van der Waals surface area contributed by atoms with E-state index in [2.05, 4.69) is 18.2 Å². The van der Waals surface area contributed by atoms with Crippen LogP contribution in [0.4, 0.5) is 0 Å². The van der Waals surface area contributed by atoms with Crippen molar-refractivity contribution in [2.24, 2.45) is 0 Å². The first-order chi connectivity index (χ1) is 6.93. The highest BCUT2D eigenvalue weighted by atomic mass is 16.5. The molecule has 1 heterocycles. The number of hydrogen-bond acceptors (Lipinski definition) is 1. The summed E-state index contributed by atoms with van der Waals surface area (Å²) in [6.07, 6.45) is 9.38. The van der Waals surface area contributed by atoms with E-state index in [0.717, 1.165) is 17.9 Å². The van der Waals surface area contributed by atoms with E-state index in [0.29, 0.717) is 0 Å². The van der Waals surface area contributed by atoms with Crippen molar-refractivity contribution < 1.29 is 4.74 Å². The topological polar surface area (TPSA) is 9.23 Å². The van der Waals surface area contributed by atoms with Crippen molar-refractivity contribution in [2.45, 2.75) is 6.42 Å². The van der Waals surface area contributed by atoms with Crippen molar-refractivity contribution in [2.75, 3.05) is 0 Å². The van der Waals surface area contributed by atoms with E-state index < -0.39 is 0 Å². The van der Waals surface area contributed by atoms with Gasteiger partial charge in [0, 0.05) is 5.56 Å². The summed E-state index contributed by atoms with van der Waals surface area (Å²) in [5.41, 5.74) is 2.45. The molecular formula is C13H10O. The van der Waals surface area contributed by atoms with Crippen molar-refractivity contribution in [3.63, 3.8) is 0 Å². The van der Waals surface area contributed by atoms with Gasteiger partial charge in [-0.3, -0.25) is 0 Å². The quantitative estimate of drug-likeness (QED) is 0.598. The first kappa shape index (κ1) is 7.63. The molecule has 3 rings (SSSR count). The number of hydrogen-bond donors (Lipinski definition) is 0. The Bertz CT molecular complexity index is 464. The third kappa shape index (κ3) is 1.10. The SMILES string of the molecule is C1=CCC2=Cc3ccccc3OC2=C1. The number of rotatable bonds is 0. The molecule has 1 aromatic carbocycles. The first-order valence-electron chi connectivity index (χ1n) is 4.78. The van der Waals surface area contributed by atoms with E-state index >= 15 is 0 Å². The minimum Gasteiger partial charge on any atom is -0.456 e. The zero-order valence-corrected chi connectivity index (χ0v) is 7.73. The molecule has 0 radical (unpaired) electrons. The van der Waals surface area contributed by atoms with Crippen molar-refractivity contribution in [3.8, 4) is 5.75 Å². The normalized spacial score (nSPS) is 17.4. The molecule has 1 nitrogen and oxygen atoms in total. The summed E-state index contributed by atoms with van der Waals surface area (Å²) in [5.74, 6) is 1.95. The number of fused-ring (bicyclic) bond motifs is 2. The zero-order chi connectivity index (χ0) is 9.38. The molecule has 1 heteroatoms. The van der Waals surface area contributed by atoms with Gasteiger partial charge in [0.1, 0.15) is 11.5 Å². The van der Waals surface area contributed by atoms with Crippen LogP contribution in [0.25, 0.3) is 6.08 Å². The van der Waals surface area contributed by atoms with Crippen molar-refractivity contribution in [3.05, 3.63) is 59.4 Å². The van der Waals surface area contributed by atoms with Crippen LogP contribution in [0, 0.1) is 0 Å². The van der Waals surface area contributed by atoms with Crippen LogP contribution in [0.2, 0.25) is 0 Å². The summed E-state index contributed by atoms with van der Waals surface area (Å²) in [4.78, 5) is 0. The van der Waals surface area contributed by atoms with Crippen LogP contribution in [0.3, 0.4) is 0 Å². The molecule has 0 saturated carbocycles. The molecule has 1 aromatic rings. The molecule has 0 aromatic heterocycles. The smallest absolute Gasteiger partial charge is 0.134 e. The van der Waals surface area contributed by atoms with E-state index in [1.807, 2.05) is 30.4 Å². The maximum atomic E-state index is 5.78. The zero-order valence-electron chi connectivity index (χ0n) is 7.73. The number of benzene rings is 1. The van der Waals surface area contributed by atoms with Gasteiger partial charge in [-0.25, -0.2) is 0 Å². The Morgan fingerprint density at radius 2 is 2.07 bits per heavy atom. The monoisotopic (exact) mass is 182 g/mol. The van der Waals surface area contributed by atoms with E-state index in [1.165, 1.54) is 11.1 Å². The van der Waals surface area contributed by atoms with E-state index in [4.69, 9.17) is 4.74 Å². The molecule has 0 unspecified atom stereocenters. The minimum atomic E-state index is 0.956. The summed E-state index contributed by atoms with van der Waals surface area (Å²) in [7, 11) is 0. The summed E-state index contributed by atoms with van der Waals surface area (Å²) in [5, 5.41) is 0. The Hall–Kier alpha value is -1.76. The average molecular weight is 182 g/mol. The van der Waals surface area contributed by atoms with Crippen LogP contribution in [0.15, 0.2) is 53.8 Å². The molecule has 0 spiro atoms. The van der Waals surface area contributed by atoms with Crippen LogP contribution >= 0.6 is 0 Å². The lowest BCUT2D eigenvalue weighted by atomic mass is 9.99. The van der Waals surface area contributed by atoms with Crippen LogP contribution < -0.4 is 4.74 Å². The fourth-order valence-corrected chi connectivity index (χ4v) is 1.79. The molecular weight excluding hydrogens is 172 g/mol. The molecule has 0 N–H and O–H groups in total. The summed E-state index contributed by atoms with van der Waals surface area (Å²) in [6.45, 7) is 0. The summed E-state index contributed by atoms with van der Waals surface area (Å²) in [6, 6.07) is 8.11. The van der Waals surface area contributed by atoms with E-state index in [9.17, 15) is 0 Å². The highest BCUT2D eigenvalue weighted by molar-refractivity contribution is 5.67. The van der Waals surface area contributed by atoms with Crippen molar-refractivity contribution >= 4 is 6.08 Å². The van der Waals surface area contributed by atoms with Gasteiger partial charge in [-0.15, -0.1) is 0 Å². The highest BCUT2D eigenvalue weighted by Gasteiger charge is 2.16. The van der Waals surface area contributed by atoms with Gasteiger partial charge in [0.15, 0.2) is 0 Å². The van der Waals surface area contributed by atoms with Crippen LogP contribution in [0.5, 0.6) is 5.75 Å². The Balaban J connectivity index is 2.15. The molecule has 1 aliphatic heterocycles. The third-order valence-corrected chi connectivity index (χ3v) is 2.51. The molecule has 68 valence electrons. The summed E-state index contributed by atoms with van der Waals surface area (Å²) >= 11 is 0. The maximum Gasteiger partial charge on any atom is 0.134 e. The van der Waals surface area contributed by atoms with Crippen molar-refractivity contribution in [1.82, 2.24) is 0 Å². The third-order valence-electron chi connectivity index (χ3n) is 2.51. The maximum absolute atomic E-state index is 5.78. The van der Waals surface area contributed by atoms with Gasteiger partial charge in [0.25, 0.3) is 0 Å². The molecule has 14 heavy (non-hydrogen) atoms. The van der Waals surface area contributed by atoms with E-state index in [-0.39, 0.29) is 0 Å². The molecule has 2 aliphatic rings. The second-order valence-corrected chi connectivity index (χ2v) is 3.47. The Morgan fingerprint density at radius 3 is 3.07 bits per heavy atom. The van der Waals surface area contributed by atoms with Crippen LogP contribution in [-0.2, 0) is 0 Å². The predicted octanol–water partition coefficient (Wildman–Crippen LogP) is 3.31. The fraction of sp³-hybridized carbons (Fsp3) is 0.0769. The van der Waals surface area contributed by atoms with Crippen LogP contribution in [0.1, 0.15) is 12.0 Å². The Morgan fingerprint density at radius 1 is 1.14 bits per heavy atom. The molecule has 0 fully saturated rings. The van der Waals surface area contributed by atoms with Crippen LogP contribution in [-0.4, -0.2) is 0 Å². The first-order valence-corrected chi connectivity index (χ1v) is 4.78.